The Morgan fingerprint density at radius 1 is 0.970 bits per heavy atom. The number of allylic oxidation sites excluding steroid dienone is 3. The average Bonchev–Trinajstić information content (AvgIpc) is 3.25. The van der Waals surface area contributed by atoms with E-state index in [2.05, 4.69) is 89.9 Å². The Bertz CT molecular complexity index is 1200. The molecule has 2 N–H and O–H groups in total. The molecule has 2 aromatic heterocycles. The Labute approximate surface area is 197 Å². The number of aromatic nitrogens is 2. The van der Waals surface area contributed by atoms with Crippen LogP contribution < -0.4 is 5.32 Å². The summed E-state index contributed by atoms with van der Waals surface area (Å²) in [6.45, 7) is 2.09. The smallest absolute Gasteiger partial charge is 0.140 e. The number of nitrogens with one attached hydrogen (secondary N) is 2. The molecule has 0 aliphatic heterocycles. The molecule has 0 amide bonds. The van der Waals surface area contributed by atoms with Gasteiger partial charge in [0.05, 0.1) is 0 Å². The van der Waals surface area contributed by atoms with Crippen LogP contribution in [-0.2, 0) is 12.8 Å². The number of aromatic amines is 1. The van der Waals surface area contributed by atoms with E-state index >= 15 is 0 Å². The molecule has 5 rings (SSSR count). The molecule has 33 heavy (non-hydrogen) atoms. The first-order valence-electron chi connectivity index (χ1n) is 12.2. The van der Waals surface area contributed by atoms with E-state index < -0.39 is 0 Å². The molecular weight excluding hydrogens is 406 g/mol. The Hall–Kier alpha value is -3.05. The van der Waals surface area contributed by atoms with Crippen molar-refractivity contribution in [3.63, 3.8) is 0 Å². The summed E-state index contributed by atoms with van der Waals surface area (Å²) in [7, 11) is 6.43. The summed E-state index contributed by atoms with van der Waals surface area (Å²) in [6.07, 6.45) is 13.8. The van der Waals surface area contributed by atoms with E-state index in [0.29, 0.717) is 0 Å². The Kier molecular flexibility index (Phi) is 6.23. The lowest BCUT2D eigenvalue weighted by molar-refractivity contribution is 0.319. The van der Waals surface area contributed by atoms with Crippen molar-refractivity contribution in [3.05, 3.63) is 71.2 Å². The fraction of sp³-hybridized carbons (Fsp3) is 0.393. The molecule has 0 fully saturated rings. The molecule has 0 spiro atoms. The number of nitrogens with zero attached hydrogens (tertiary/aromatic N) is 3. The SMILES string of the molecule is CN(C)CCN(C)C1=CC(Nc2ccc3c(-c4ccc5c(c4)CCCC5)c[nH]c3n2)=CCC1. The molecule has 0 saturated heterocycles. The van der Waals surface area contributed by atoms with Gasteiger partial charge in [0.2, 0.25) is 0 Å². The van der Waals surface area contributed by atoms with E-state index in [4.69, 9.17) is 4.98 Å². The summed E-state index contributed by atoms with van der Waals surface area (Å²) in [4.78, 5) is 12.9. The minimum atomic E-state index is 0.876. The molecule has 5 heteroatoms. The van der Waals surface area contributed by atoms with Gasteiger partial charge in [0, 0.05) is 48.7 Å². The standard InChI is InChI=1S/C28H35N5/c1-32(2)15-16-33(3)24-10-6-9-23(18-24)30-27-14-13-25-26(19-29-28(25)31-27)22-12-11-20-7-4-5-8-21(20)17-22/h9,11-14,17-19H,4-8,10,15-16H2,1-3H3,(H2,29,30,31). The van der Waals surface area contributed by atoms with Crippen LogP contribution in [0.15, 0.2) is 60.1 Å². The summed E-state index contributed by atoms with van der Waals surface area (Å²) < 4.78 is 0. The zero-order valence-corrected chi connectivity index (χ0v) is 20.1. The number of hydrogen-bond acceptors (Lipinski definition) is 4. The van der Waals surface area contributed by atoms with Crippen LogP contribution in [0.2, 0.25) is 0 Å². The van der Waals surface area contributed by atoms with E-state index in [-0.39, 0.29) is 0 Å². The van der Waals surface area contributed by atoms with Crippen molar-refractivity contribution in [2.24, 2.45) is 0 Å². The second kappa shape index (κ2) is 9.44. The minimum absolute atomic E-state index is 0.876. The van der Waals surface area contributed by atoms with Gasteiger partial charge in [-0.2, -0.15) is 0 Å². The van der Waals surface area contributed by atoms with Crippen molar-refractivity contribution in [1.29, 1.82) is 0 Å². The summed E-state index contributed by atoms with van der Waals surface area (Å²) in [5.41, 5.74) is 8.98. The lowest BCUT2D eigenvalue weighted by atomic mass is 9.89. The topological polar surface area (TPSA) is 47.2 Å². The molecule has 1 aromatic carbocycles. The molecular formula is C28H35N5. The molecule has 0 atom stereocenters. The van der Waals surface area contributed by atoms with Crippen molar-refractivity contribution in [3.8, 4) is 11.1 Å². The van der Waals surface area contributed by atoms with E-state index in [0.717, 1.165) is 43.1 Å². The molecule has 2 aliphatic rings. The first-order chi connectivity index (χ1) is 16.1. The minimum Gasteiger partial charge on any atom is -0.377 e. The van der Waals surface area contributed by atoms with Gasteiger partial charge >= 0.3 is 0 Å². The van der Waals surface area contributed by atoms with Crippen LogP contribution in [0.3, 0.4) is 0 Å². The number of likely N-dealkylation sites (N-methyl/N-ethyl adjacent to an activating group) is 2. The summed E-state index contributed by atoms with van der Waals surface area (Å²) in [6, 6.07) is 11.3. The van der Waals surface area contributed by atoms with E-state index in [1.807, 2.05) is 0 Å². The van der Waals surface area contributed by atoms with Crippen LogP contribution in [0.4, 0.5) is 5.82 Å². The molecule has 2 aliphatic carbocycles. The highest BCUT2D eigenvalue weighted by Crippen LogP contribution is 2.32. The van der Waals surface area contributed by atoms with Crippen LogP contribution in [0.1, 0.15) is 36.8 Å². The summed E-state index contributed by atoms with van der Waals surface area (Å²) >= 11 is 0. The quantitative estimate of drug-likeness (QED) is 0.503. The number of H-pyrrole nitrogens is 1. The van der Waals surface area contributed by atoms with Gasteiger partial charge in [-0.3, -0.25) is 0 Å². The van der Waals surface area contributed by atoms with E-state index in [1.54, 1.807) is 0 Å². The average molecular weight is 442 g/mol. The van der Waals surface area contributed by atoms with Crippen molar-refractivity contribution in [1.82, 2.24) is 19.8 Å². The maximum Gasteiger partial charge on any atom is 0.140 e. The predicted octanol–water partition coefficient (Wildman–Crippen LogP) is 5.58. The first kappa shape index (κ1) is 21.8. The van der Waals surface area contributed by atoms with Gasteiger partial charge in [-0.05, 0) is 87.5 Å². The van der Waals surface area contributed by atoms with Gasteiger partial charge in [0.25, 0.3) is 0 Å². The number of fused-ring (bicyclic) bond motifs is 2. The second-order valence-electron chi connectivity index (χ2n) is 9.67. The third-order valence-electron chi connectivity index (χ3n) is 6.93. The number of benzene rings is 1. The molecule has 0 bridgehead atoms. The maximum atomic E-state index is 4.88. The van der Waals surface area contributed by atoms with Crippen LogP contribution in [0.5, 0.6) is 0 Å². The van der Waals surface area contributed by atoms with Crippen LogP contribution in [0, 0.1) is 0 Å². The van der Waals surface area contributed by atoms with E-state index in [9.17, 15) is 0 Å². The number of rotatable bonds is 7. The normalized spacial score (nSPS) is 15.9. The predicted molar refractivity (Wildman–Crippen MR) is 138 cm³/mol. The van der Waals surface area contributed by atoms with Gasteiger partial charge in [-0.25, -0.2) is 4.98 Å². The third kappa shape index (κ3) is 4.83. The molecule has 0 saturated carbocycles. The lowest BCUT2D eigenvalue weighted by Crippen LogP contribution is -2.29. The Morgan fingerprint density at radius 3 is 2.67 bits per heavy atom. The number of pyridine rings is 1. The number of aryl methyl sites for hydroxylation is 2. The fourth-order valence-corrected chi connectivity index (χ4v) is 4.93. The molecule has 2 heterocycles. The summed E-state index contributed by atoms with van der Waals surface area (Å²) in [5.74, 6) is 0.876. The van der Waals surface area contributed by atoms with Gasteiger partial charge in [-0.15, -0.1) is 0 Å². The molecule has 0 radical (unpaired) electrons. The molecule has 5 nitrogen and oxygen atoms in total. The highest BCUT2D eigenvalue weighted by molar-refractivity contribution is 5.94. The van der Waals surface area contributed by atoms with Crippen LogP contribution in [-0.4, -0.2) is 54.0 Å². The van der Waals surface area contributed by atoms with Gasteiger partial charge in [0.15, 0.2) is 0 Å². The zero-order chi connectivity index (χ0) is 22.8. The van der Waals surface area contributed by atoms with Crippen LogP contribution in [0.25, 0.3) is 22.2 Å². The van der Waals surface area contributed by atoms with Gasteiger partial charge in [-0.1, -0.05) is 24.3 Å². The van der Waals surface area contributed by atoms with Crippen LogP contribution >= 0.6 is 0 Å². The monoisotopic (exact) mass is 441 g/mol. The van der Waals surface area contributed by atoms with Crippen molar-refractivity contribution < 1.29 is 0 Å². The number of hydrogen-bond donors (Lipinski definition) is 2. The molecule has 172 valence electrons. The van der Waals surface area contributed by atoms with Gasteiger partial charge < -0.3 is 20.1 Å². The summed E-state index contributed by atoms with van der Waals surface area (Å²) in [5, 5.41) is 4.70. The second-order valence-corrected chi connectivity index (χ2v) is 9.67. The van der Waals surface area contributed by atoms with Crippen molar-refractivity contribution in [2.75, 3.05) is 39.5 Å². The first-order valence-corrected chi connectivity index (χ1v) is 12.2. The van der Waals surface area contributed by atoms with Gasteiger partial charge in [0.1, 0.15) is 11.5 Å². The molecule has 3 aromatic rings. The highest BCUT2D eigenvalue weighted by atomic mass is 15.2. The largest absolute Gasteiger partial charge is 0.377 e. The number of anilines is 1. The highest BCUT2D eigenvalue weighted by Gasteiger charge is 2.14. The maximum absolute atomic E-state index is 4.88. The van der Waals surface area contributed by atoms with Crippen molar-refractivity contribution in [2.45, 2.75) is 38.5 Å². The fourth-order valence-electron chi connectivity index (χ4n) is 4.93. The van der Waals surface area contributed by atoms with E-state index in [1.165, 1.54) is 59.0 Å². The lowest BCUT2D eigenvalue weighted by Gasteiger charge is -2.26. The Morgan fingerprint density at radius 2 is 1.82 bits per heavy atom. The third-order valence-corrected chi connectivity index (χ3v) is 6.93. The Balaban J connectivity index is 1.33. The molecule has 0 unspecified atom stereocenters. The van der Waals surface area contributed by atoms with Crippen molar-refractivity contribution >= 4 is 16.9 Å². The zero-order valence-electron chi connectivity index (χ0n) is 20.1.